The first kappa shape index (κ1) is 21.7. The summed E-state index contributed by atoms with van der Waals surface area (Å²) in [5, 5.41) is 10.5. The van der Waals surface area contributed by atoms with Gasteiger partial charge in [0.05, 0.1) is 5.25 Å². The number of nitriles is 1. The van der Waals surface area contributed by atoms with Crippen molar-refractivity contribution in [3.05, 3.63) is 113 Å². The smallest absolute Gasteiger partial charge is 0.245 e. The summed E-state index contributed by atoms with van der Waals surface area (Å²) in [5.74, 6) is -1.02. The van der Waals surface area contributed by atoms with E-state index in [4.69, 9.17) is 0 Å². The van der Waals surface area contributed by atoms with Crippen LogP contribution in [0.25, 0.3) is 10.9 Å². The molecule has 1 atom stereocenters. The largest absolute Gasteiger partial charge is 0.360 e. The Morgan fingerprint density at radius 3 is 2.47 bits per heavy atom. The number of carbonyl (C=O) groups is 2. The number of amides is 1. The Morgan fingerprint density at radius 1 is 1.03 bits per heavy atom. The number of hydrogen-bond acceptors (Lipinski definition) is 4. The Labute approximate surface area is 199 Å². The van der Waals surface area contributed by atoms with Gasteiger partial charge >= 0.3 is 0 Å². The number of H-pyrrole nitrogens is 1. The van der Waals surface area contributed by atoms with E-state index < -0.39 is 11.0 Å². The van der Waals surface area contributed by atoms with E-state index in [9.17, 15) is 19.2 Å². The van der Waals surface area contributed by atoms with Crippen molar-refractivity contribution in [3.8, 4) is 6.07 Å². The number of hydrogen-bond donors (Lipinski definition) is 1. The molecule has 7 heteroatoms. The normalized spacial score (nSPS) is 17.1. The minimum Gasteiger partial charge on any atom is -0.360 e. The quantitative estimate of drug-likeness (QED) is 0.235. The Kier molecular flexibility index (Phi) is 5.74. The molecule has 1 N–H and O–H groups in total. The standard InChI is InChI=1S/C27H18FN3O2S/c28-18-12-10-17(11-13-18)14-24-26(33)31(19-6-2-1-3-7-19)27(34-24)21(15-29)25(32)22-16-30-23-9-5-4-8-20(22)23/h1-13,16,24,30H,14H2/b27-21+. The molecule has 2 heterocycles. The summed E-state index contributed by atoms with van der Waals surface area (Å²) >= 11 is 1.19. The number of allylic oxidation sites excluding steroid dienone is 1. The van der Waals surface area contributed by atoms with E-state index in [1.165, 1.54) is 28.8 Å². The number of ketones is 1. The molecule has 1 aliphatic rings. The SMILES string of the molecule is N#C/C(C(=O)c1c[nH]c2ccccc12)=C1\SC(Cc2ccc(F)cc2)C(=O)N1c1ccccc1. The summed E-state index contributed by atoms with van der Waals surface area (Å²) in [6.45, 7) is 0. The third-order valence-corrected chi connectivity index (χ3v) is 6.95. The first-order valence-electron chi connectivity index (χ1n) is 10.6. The Bertz CT molecular complexity index is 1470. The molecule has 0 spiro atoms. The van der Waals surface area contributed by atoms with Crippen LogP contribution in [0.5, 0.6) is 0 Å². The molecule has 1 saturated heterocycles. The summed E-state index contributed by atoms with van der Waals surface area (Å²) in [5.41, 5.74) is 2.45. The molecule has 1 fully saturated rings. The fraction of sp³-hybridized carbons (Fsp3) is 0.0741. The number of para-hydroxylation sites is 2. The van der Waals surface area contributed by atoms with E-state index in [0.29, 0.717) is 28.1 Å². The van der Waals surface area contributed by atoms with Gasteiger partial charge in [0.25, 0.3) is 0 Å². The molecule has 0 aliphatic carbocycles. The molecule has 0 bridgehead atoms. The van der Waals surface area contributed by atoms with Gasteiger partial charge in [-0.05, 0) is 42.3 Å². The van der Waals surface area contributed by atoms with E-state index in [1.807, 2.05) is 30.3 Å². The number of aromatic nitrogens is 1. The Morgan fingerprint density at radius 2 is 1.74 bits per heavy atom. The number of carbonyl (C=O) groups excluding carboxylic acids is 2. The minimum absolute atomic E-state index is 0.0893. The van der Waals surface area contributed by atoms with Crippen LogP contribution in [0, 0.1) is 17.1 Å². The molecule has 1 amide bonds. The third-order valence-electron chi connectivity index (χ3n) is 5.69. The highest BCUT2D eigenvalue weighted by Gasteiger charge is 2.41. The van der Waals surface area contributed by atoms with E-state index in [1.54, 1.807) is 42.6 Å². The first-order chi connectivity index (χ1) is 16.6. The van der Waals surface area contributed by atoms with E-state index in [2.05, 4.69) is 11.1 Å². The lowest BCUT2D eigenvalue weighted by atomic mass is 10.0. The predicted molar refractivity (Wildman–Crippen MR) is 131 cm³/mol. The second-order valence-electron chi connectivity index (χ2n) is 7.82. The van der Waals surface area contributed by atoms with Crippen molar-refractivity contribution < 1.29 is 14.0 Å². The van der Waals surface area contributed by atoms with Crippen molar-refractivity contribution in [2.45, 2.75) is 11.7 Å². The van der Waals surface area contributed by atoms with Crippen molar-refractivity contribution in [3.63, 3.8) is 0 Å². The molecule has 34 heavy (non-hydrogen) atoms. The van der Waals surface area contributed by atoms with Gasteiger partial charge in [-0.3, -0.25) is 14.5 Å². The maximum absolute atomic E-state index is 13.5. The second kappa shape index (κ2) is 9.00. The van der Waals surface area contributed by atoms with Crippen LogP contribution < -0.4 is 4.90 Å². The molecule has 1 aromatic heterocycles. The van der Waals surface area contributed by atoms with Crippen LogP contribution in [0.3, 0.4) is 0 Å². The molecule has 5 nitrogen and oxygen atoms in total. The van der Waals surface area contributed by atoms with Gasteiger partial charge in [-0.25, -0.2) is 4.39 Å². The van der Waals surface area contributed by atoms with Gasteiger partial charge in [0.1, 0.15) is 22.5 Å². The summed E-state index contributed by atoms with van der Waals surface area (Å²) < 4.78 is 13.3. The minimum atomic E-state index is -0.556. The second-order valence-corrected chi connectivity index (χ2v) is 9.01. The molecular weight excluding hydrogens is 449 g/mol. The lowest BCUT2D eigenvalue weighted by Crippen LogP contribution is -2.30. The number of nitrogens with one attached hydrogen (secondary N) is 1. The van der Waals surface area contributed by atoms with Crippen LogP contribution in [-0.4, -0.2) is 21.9 Å². The molecule has 1 unspecified atom stereocenters. The Hall–Kier alpha value is -4.15. The van der Waals surface area contributed by atoms with Crippen LogP contribution in [0.15, 0.2) is 95.7 Å². The van der Waals surface area contributed by atoms with E-state index in [0.717, 1.165) is 11.1 Å². The molecule has 0 saturated carbocycles. The van der Waals surface area contributed by atoms with E-state index in [-0.39, 0.29) is 17.3 Å². The highest BCUT2D eigenvalue weighted by atomic mass is 32.2. The first-order valence-corrected chi connectivity index (χ1v) is 11.5. The number of aromatic amines is 1. The number of Topliss-reactive ketones (excluding diaryl/α,β-unsaturated/α-hetero) is 1. The van der Waals surface area contributed by atoms with Crippen molar-refractivity contribution in [2.24, 2.45) is 0 Å². The maximum atomic E-state index is 13.5. The van der Waals surface area contributed by atoms with Gasteiger partial charge in [-0.15, -0.1) is 0 Å². The average Bonchev–Trinajstić information content (AvgIpc) is 3.43. The van der Waals surface area contributed by atoms with Crippen molar-refractivity contribution >= 4 is 40.0 Å². The summed E-state index contributed by atoms with van der Waals surface area (Å²) in [6.07, 6.45) is 1.94. The lowest BCUT2D eigenvalue weighted by Gasteiger charge is -2.18. The summed E-state index contributed by atoms with van der Waals surface area (Å²) in [4.78, 5) is 31.5. The number of halogens is 1. The number of rotatable bonds is 5. The summed E-state index contributed by atoms with van der Waals surface area (Å²) in [7, 11) is 0. The molecule has 5 rings (SSSR count). The van der Waals surface area contributed by atoms with Crippen LogP contribution in [0.1, 0.15) is 15.9 Å². The number of thioether (sulfide) groups is 1. The van der Waals surface area contributed by atoms with Crippen LogP contribution in [0.4, 0.5) is 10.1 Å². The van der Waals surface area contributed by atoms with Gasteiger partial charge in [-0.1, -0.05) is 60.3 Å². The topological polar surface area (TPSA) is 77.0 Å². The average molecular weight is 468 g/mol. The van der Waals surface area contributed by atoms with Crippen molar-refractivity contribution in [2.75, 3.05) is 4.90 Å². The molecular formula is C27H18FN3O2S. The number of nitrogens with zero attached hydrogens (tertiary/aromatic N) is 2. The van der Waals surface area contributed by atoms with Crippen molar-refractivity contribution in [1.29, 1.82) is 5.26 Å². The molecule has 3 aromatic carbocycles. The summed E-state index contributed by atoms with van der Waals surface area (Å²) in [6, 6.07) is 24.4. The van der Waals surface area contributed by atoms with Crippen LogP contribution >= 0.6 is 11.8 Å². The zero-order valence-electron chi connectivity index (χ0n) is 17.9. The highest BCUT2D eigenvalue weighted by molar-refractivity contribution is 8.05. The fourth-order valence-corrected chi connectivity index (χ4v) is 5.34. The lowest BCUT2D eigenvalue weighted by molar-refractivity contribution is -0.117. The van der Waals surface area contributed by atoms with Gasteiger partial charge < -0.3 is 4.98 Å². The highest BCUT2D eigenvalue weighted by Crippen LogP contribution is 2.42. The molecule has 4 aromatic rings. The fourth-order valence-electron chi connectivity index (χ4n) is 4.03. The van der Waals surface area contributed by atoms with Crippen molar-refractivity contribution in [1.82, 2.24) is 4.98 Å². The van der Waals surface area contributed by atoms with Crippen LogP contribution in [0.2, 0.25) is 0 Å². The van der Waals surface area contributed by atoms with Gasteiger partial charge in [-0.2, -0.15) is 5.26 Å². The molecule has 0 radical (unpaired) electrons. The Balaban J connectivity index is 1.59. The number of anilines is 1. The monoisotopic (exact) mass is 467 g/mol. The molecule has 1 aliphatic heterocycles. The van der Waals surface area contributed by atoms with Crippen LogP contribution in [-0.2, 0) is 11.2 Å². The predicted octanol–water partition coefficient (Wildman–Crippen LogP) is 5.62. The van der Waals surface area contributed by atoms with Gasteiger partial charge in [0, 0.05) is 28.4 Å². The number of fused-ring (bicyclic) bond motifs is 1. The zero-order valence-corrected chi connectivity index (χ0v) is 18.7. The maximum Gasteiger partial charge on any atom is 0.245 e. The molecule has 166 valence electrons. The van der Waals surface area contributed by atoms with Gasteiger partial charge in [0.2, 0.25) is 11.7 Å². The number of benzene rings is 3. The zero-order chi connectivity index (χ0) is 23.7. The third kappa shape index (κ3) is 3.89. The van der Waals surface area contributed by atoms with Gasteiger partial charge in [0.15, 0.2) is 0 Å². The van der Waals surface area contributed by atoms with E-state index >= 15 is 0 Å².